The number of hydrogen-bond acceptors (Lipinski definition) is 3. The van der Waals surface area contributed by atoms with E-state index in [1.807, 2.05) is 7.05 Å². The molecule has 1 fully saturated rings. The van der Waals surface area contributed by atoms with Crippen LogP contribution in [-0.2, 0) is 10.0 Å². The highest BCUT2D eigenvalue weighted by Gasteiger charge is 2.32. The van der Waals surface area contributed by atoms with E-state index < -0.39 is 15.8 Å². The highest BCUT2D eigenvalue weighted by atomic mass is 79.9. The summed E-state index contributed by atoms with van der Waals surface area (Å²) >= 11 is 3.10. The first kappa shape index (κ1) is 16.8. The third kappa shape index (κ3) is 3.46. The fraction of sp³-hybridized carbons (Fsp3) is 0.455. The zero-order valence-electron chi connectivity index (χ0n) is 10.3. The van der Waals surface area contributed by atoms with Crippen LogP contribution < -0.4 is 5.32 Å². The van der Waals surface area contributed by atoms with Crippen LogP contribution in [0.2, 0.25) is 0 Å². The normalized spacial score (nSPS) is 20.3. The van der Waals surface area contributed by atoms with Gasteiger partial charge in [0.15, 0.2) is 0 Å². The van der Waals surface area contributed by atoms with E-state index in [0.717, 1.165) is 12.5 Å². The van der Waals surface area contributed by atoms with Gasteiger partial charge in [-0.2, -0.15) is 4.31 Å². The van der Waals surface area contributed by atoms with Crippen LogP contribution in [0.25, 0.3) is 0 Å². The number of nitrogens with zero attached hydrogens (tertiary/aromatic N) is 1. The van der Waals surface area contributed by atoms with Gasteiger partial charge in [-0.15, -0.1) is 12.4 Å². The first-order valence-corrected chi connectivity index (χ1v) is 7.81. The second-order valence-electron chi connectivity index (χ2n) is 4.21. The van der Waals surface area contributed by atoms with Crippen molar-refractivity contribution in [3.63, 3.8) is 0 Å². The van der Waals surface area contributed by atoms with Gasteiger partial charge < -0.3 is 5.32 Å². The van der Waals surface area contributed by atoms with Gasteiger partial charge in [0.1, 0.15) is 5.82 Å². The quantitative estimate of drug-likeness (QED) is 0.881. The van der Waals surface area contributed by atoms with E-state index in [0.29, 0.717) is 13.1 Å². The molecule has 4 nitrogen and oxygen atoms in total. The number of likely N-dealkylation sites (N-methyl/N-ethyl adjacent to an activating group) is 1. The lowest BCUT2D eigenvalue weighted by molar-refractivity contribution is 0.464. The van der Waals surface area contributed by atoms with Crippen molar-refractivity contribution in [3.05, 3.63) is 28.5 Å². The molecule has 1 aromatic rings. The molecule has 0 amide bonds. The van der Waals surface area contributed by atoms with Crippen LogP contribution in [0.5, 0.6) is 0 Å². The summed E-state index contributed by atoms with van der Waals surface area (Å²) in [7, 11) is -1.74. The molecule has 1 aliphatic heterocycles. The third-order valence-electron chi connectivity index (χ3n) is 3.07. The van der Waals surface area contributed by atoms with Crippen LogP contribution in [0.3, 0.4) is 0 Å². The van der Waals surface area contributed by atoms with Crippen LogP contribution >= 0.6 is 28.3 Å². The standard InChI is InChI=1S/C11H14BrFN2O2S.ClH/c1-14-9-4-5-15(7-9)18(16,17)11-3-2-8(13)6-10(11)12;/h2-3,6,9,14H,4-5,7H2,1H3;1H. The largest absolute Gasteiger partial charge is 0.316 e. The molecule has 1 saturated heterocycles. The molecule has 0 aliphatic carbocycles. The average molecular weight is 374 g/mol. The molecule has 1 unspecified atom stereocenters. The van der Waals surface area contributed by atoms with Crippen LogP contribution in [0.1, 0.15) is 6.42 Å². The van der Waals surface area contributed by atoms with Crippen molar-refractivity contribution in [1.82, 2.24) is 9.62 Å². The average Bonchev–Trinajstić information content (AvgIpc) is 2.77. The lowest BCUT2D eigenvalue weighted by Gasteiger charge is -2.17. The van der Waals surface area contributed by atoms with Gasteiger partial charge in [0.05, 0.1) is 4.90 Å². The van der Waals surface area contributed by atoms with Crippen LogP contribution in [0.15, 0.2) is 27.6 Å². The Bertz CT molecular complexity index is 556. The van der Waals surface area contributed by atoms with Gasteiger partial charge in [-0.1, -0.05) is 0 Å². The molecule has 1 aliphatic rings. The lowest BCUT2D eigenvalue weighted by Crippen LogP contribution is -2.33. The molecule has 1 atom stereocenters. The second-order valence-corrected chi connectivity index (χ2v) is 6.97. The SMILES string of the molecule is CNC1CCN(S(=O)(=O)c2ccc(F)cc2Br)C1.Cl. The van der Waals surface area contributed by atoms with Gasteiger partial charge in [0.25, 0.3) is 0 Å². The molecule has 1 aromatic carbocycles. The lowest BCUT2D eigenvalue weighted by atomic mass is 10.3. The summed E-state index contributed by atoms with van der Waals surface area (Å²) in [6.45, 7) is 0.931. The van der Waals surface area contributed by atoms with Crippen molar-refractivity contribution < 1.29 is 12.8 Å². The van der Waals surface area contributed by atoms with Crippen molar-refractivity contribution in [2.24, 2.45) is 0 Å². The van der Waals surface area contributed by atoms with Crippen molar-refractivity contribution >= 4 is 38.4 Å². The number of nitrogens with one attached hydrogen (secondary N) is 1. The summed E-state index contributed by atoms with van der Waals surface area (Å²) in [6.07, 6.45) is 0.786. The van der Waals surface area contributed by atoms with Gasteiger partial charge in [-0.25, -0.2) is 12.8 Å². The van der Waals surface area contributed by atoms with Gasteiger partial charge in [0, 0.05) is 23.6 Å². The predicted molar refractivity (Wildman–Crippen MR) is 77.6 cm³/mol. The first-order chi connectivity index (χ1) is 8.45. The fourth-order valence-electron chi connectivity index (χ4n) is 2.01. The predicted octanol–water partition coefficient (Wildman–Crippen LogP) is 1.99. The minimum atomic E-state index is -3.55. The third-order valence-corrected chi connectivity index (χ3v) is 5.91. The molecule has 1 N–H and O–H groups in total. The maximum absolute atomic E-state index is 13.0. The van der Waals surface area contributed by atoms with Crippen molar-refractivity contribution in [2.45, 2.75) is 17.4 Å². The first-order valence-electron chi connectivity index (χ1n) is 5.57. The summed E-state index contributed by atoms with van der Waals surface area (Å²) in [6, 6.07) is 3.79. The molecule has 0 aromatic heterocycles. The summed E-state index contributed by atoms with van der Waals surface area (Å²) in [5.74, 6) is -0.463. The van der Waals surface area contributed by atoms with Crippen molar-refractivity contribution in [1.29, 1.82) is 0 Å². The molecule has 19 heavy (non-hydrogen) atoms. The van der Waals surface area contributed by atoms with E-state index in [1.165, 1.54) is 16.4 Å². The number of sulfonamides is 1. The smallest absolute Gasteiger partial charge is 0.244 e. The van der Waals surface area contributed by atoms with Gasteiger partial charge in [-0.3, -0.25) is 0 Å². The Hall–Kier alpha value is -0.210. The van der Waals surface area contributed by atoms with E-state index in [2.05, 4.69) is 21.2 Å². The van der Waals surface area contributed by atoms with Crippen LogP contribution in [0.4, 0.5) is 4.39 Å². The molecule has 0 bridgehead atoms. The van der Waals surface area contributed by atoms with E-state index in [9.17, 15) is 12.8 Å². The number of rotatable bonds is 3. The Morgan fingerprint density at radius 1 is 1.47 bits per heavy atom. The van der Waals surface area contributed by atoms with E-state index >= 15 is 0 Å². The van der Waals surface area contributed by atoms with Gasteiger partial charge in [-0.05, 0) is 47.6 Å². The number of hydrogen-bond donors (Lipinski definition) is 1. The van der Waals surface area contributed by atoms with Crippen LogP contribution in [0, 0.1) is 5.82 Å². The van der Waals surface area contributed by atoms with Gasteiger partial charge >= 0.3 is 0 Å². The Kier molecular flexibility index (Phi) is 5.76. The highest BCUT2D eigenvalue weighted by Crippen LogP contribution is 2.27. The zero-order valence-corrected chi connectivity index (χ0v) is 13.5. The molecule has 0 radical (unpaired) electrons. The number of halogens is 3. The van der Waals surface area contributed by atoms with E-state index in [1.54, 1.807) is 0 Å². The van der Waals surface area contributed by atoms with E-state index in [4.69, 9.17) is 0 Å². The Morgan fingerprint density at radius 3 is 2.68 bits per heavy atom. The summed E-state index contributed by atoms with van der Waals surface area (Å²) in [4.78, 5) is 0.112. The summed E-state index contributed by atoms with van der Waals surface area (Å²) in [5, 5.41) is 3.06. The minimum absolute atomic E-state index is 0. The summed E-state index contributed by atoms with van der Waals surface area (Å²) < 4.78 is 39.4. The fourth-order valence-corrected chi connectivity index (χ4v) is 4.52. The molecular formula is C11H15BrClFN2O2S. The number of benzene rings is 1. The van der Waals surface area contributed by atoms with Crippen LogP contribution in [-0.4, -0.2) is 38.9 Å². The molecule has 0 saturated carbocycles. The minimum Gasteiger partial charge on any atom is -0.316 e. The monoisotopic (exact) mass is 372 g/mol. The van der Waals surface area contributed by atoms with Gasteiger partial charge in [0.2, 0.25) is 10.0 Å². The van der Waals surface area contributed by atoms with Crippen molar-refractivity contribution in [3.8, 4) is 0 Å². The molecule has 0 spiro atoms. The Morgan fingerprint density at radius 2 is 2.16 bits per heavy atom. The Balaban J connectivity index is 0.00000180. The molecule has 108 valence electrons. The van der Waals surface area contributed by atoms with E-state index in [-0.39, 0.29) is 27.8 Å². The Labute approximate surface area is 127 Å². The maximum Gasteiger partial charge on any atom is 0.244 e. The topological polar surface area (TPSA) is 49.4 Å². The summed E-state index contributed by atoms with van der Waals surface area (Å²) in [5.41, 5.74) is 0. The molecule has 8 heteroatoms. The van der Waals surface area contributed by atoms with Crippen molar-refractivity contribution in [2.75, 3.05) is 20.1 Å². The second kappa shape index (κ2) is 6.49. The molecule has 2 rings (SSSR count). The molecular weight excluding hydrogens is 359 g/mol. The molecule has 1 heterocycles. The zero-order chi connectivity index (χ0) is 13.3. The highest BCUT2D eigenvalue weighted by molar-refractivity contribution is 9.10. The maximum atomic E-state index is 13.0.